The number of nitrogens with one attached hydrogen (secondary N) is 1. The highest BCUT2D eigenvalue weighted by Gasteiger charge is 2.40. The maximum absolute atomic E-state index is 13.0. The van der Waals surface area contributed by atoms with Crippen molar-refractivity contribution >= 4 is 11.8 Å². The van der Waals surface area contributed by atoms with Gasteiger partial charge in [-0.2, -0.15) is 0 Å². The van der Waals surface area contributed by atoms with Crippen LogP contribution < -0.4 is 5.32 Å². The third-order valence-corrected chi connectivity index (χ3v) is 7.33. The van der Waals surface area contributed by atoms with E-state index >= 15 is 0 Å². The third-order valence-electron chi connectivity index (χ3n) is 7.33. The van der Waals surface area contributed by atoms with E-state index in [9.17, 15) is 9.59 Å². The van der Waals surface area contributed by atoms with Gasteiger partial charge in [-0.15, -0.1) is 0 Å². The Labute approximate surface area is 164 Å². The molecule has 0 aromatic rings. The van der Waals surface area contributed by atoms with Crippen LogP contribution in [-0.4, -0.2) is 49.6 Å². The van der Waals surface area contributed by atoms with E-state index in [1.165, 1.54) is 19.3 Å². The van der Waals surface area contributed by atoms with E-state index in [0.29, 0.717) is 25.7 Å². The van der Waals surface area contributed by atoms with Gasteiger partial charge in [0.2, 0.25) is 11.8 Å². The van der Waals surface area contributed by atoms with E-state index in [0.717, 1.165) is 58.0 Å². The smallest absolute Gasteiger partial charge is 0.226 e. The lowest BCUT2D eigenvalue weighted by Crippen LogP contribution is -2.53. The molecule has 2 heterocycles. The topological polar surface area (TPSA) is 58.6 Å². The van der Waals surface area contributed by atoms with Crippen molar-refractivity contribution in [3.63, 3.8) is 0 Å². The molecule has 1 N–H and O–H groups in total. The Hall–Kier alpha value is -1.10. The summed E-state index contributed by atoms with van der Waals surface area (Å²) in [7, 11) is 0. The van der Waals surface area contributed by atoms with E-state index in [4.69, 9.17) is 4.74 Å². The second kappa shape index (κ2) is 8.93. The van der Waals surface area contributed by atoms with Gasteiger partial charge in [-0.3, -0.25) is 9.59 Å². The van der Waals surface area contributed by atoms with Crippen molar-refractivity contribution in [1.29, 1.82) is 0 Å². The molecule has 3 fully saturated rings. The highest BCUT2D eigenvalue weighted by Crippen LogP contribution is 2.36. The van der Waals surface area contributed by atoms with E-state index in [1.807, 2.05) is 0 Å². The van der Waals surface area contributed by atoms with Crippen LogP contribution in [0.1, 0.15) is 78.1 Å². The molecule has 0 aromatic carbocycles. The predicted molar refractivity (Wildman–Crippen MR) is 106 cm³/mol. The fourth-order valence-electron chi connectivity index (χ4n) is 5.24. The van der Waals surface area contributed by atoms with Crippen molar-refractivity contribution in [2.24, 2.45) is 16.7 Å². The van der Waals surface area contributed by atoms with Gasteiger partial charge in [0.15, 0.2) is 0 Å². The third kappa shape index (κ3) is 4.85. The number of hydrogen-bond acceptors (Lipinski definition) is 3. The zero-order valence-corrected chi connectivity index (χ0v) is 17.4. The van der Waals surface area contributed by atoms with Crippen molar-refractivity contribution in [3.05, 3.63) is 0 Å². The fourth-order valence-corrected chi connectivity index (χ4v) is 5.24. The highest BCUT2D eigenvalue weighted by molar-refractivity contribution is 5.82. The number of ether oxygens (including phenoxy) is 1. The number of likely N-dealkylation sites (tertiary alicyclic amines) is 1. The summed E-state index contributed by atoms with van der Waals surface area (Å²) in [6.45, 7) is 8.04. The summed E-state index contributed by atoms with van der Waals surface area (Å²) >= 11 is 0. The van der Waals surface area contributed by atoms with Crippen molar-refractivity contribution in [3.8, 4) is 0 Å². The number of hydrogen-bond donors (Lipinski definition) is 1. The zero-order valence-electron chi connectivity index (χ0n) is 17.4. The molecule has 1 saturated carbocycles. The van der Waals surface area contributed by atoms with Crippen LogP contribution in [0.3, 0.4) is 0 Å². The maximum atomic E-state index is 13.0. The van der Waals surface area contributed by atoms with E-state index < -0.39 is 0 Å². The van der Waals surface area contributed by atoms with Gasteiger partial charge in [0.1, 0.15) is 0 Å². The first-order valence-electron chi connectivity index (χ1n) is 11.1. The lowest BCUT2D eigenvalue weighted by atomic mass is 9.76. The lowest BCUT2D eigenvalue weighted by Gasteiger charge is -2.43. The van der Waals surface area contributed by atoms with Gasteiger partial charge >= 0.3 is 0 Å². The molecule has 0 aromatic heterocycles. The molecule has 154 valence electrons. The average Bonchev–Trinajstić information content (AvgIpc) is 2.72. The van der Waals surface area contributed by atoms with Gasteiger partial charge in [-0.05, 0) is 44.9 Å². The summed E-state index contributed by atoms with van der Waals surface area (Å²) in [4.78, 5) is 28.0. The number of carbonyl (C=O) groups excluding carboxylic acids is 2. The van der Waals surface area contributed by atoms with Crippen LogP contribution >= 0.6 is 0 Å². The lowest BCUT2D eigenvalue weighted by molar-refractivity contribution is -0.140. The van der Waals surface area contributed by atoms with Crippen molar-refractivity contribution < 1.29 is 14.3 Å². The number of amides is 2. The molecule has 2 amide bonds. The summed E-state index contributed by atoms with van der Waals surface area (Å²) in [5.74, 6) is 0.785. The van der Waals surface area contributed by atoms with Crippen LogP contribution in [-0.2, 0) is 14.3 Å². The Balaban J connectivity index is 1.55. The number of piperidine rings is 1. The summed E-state index contributed by atoms with van der Waals surface area (Å²) in [6, 6.07) is 0. The van der Waals surface area contributed by atoms with Gasteiger partial charge in [-0.25, -0.2) is 0 Å². The first-order chi connectivity index (χ1) is 13.0. The Kier molecular flexibility index (Phi) is 6.83. The minimum Gasteiger partial charge on any atom is -0.381 e. The van der Waals surface area contributed by atoms with Gasteiger partial charge in [0, 0.05) is 44.2 Å². The minimum atomic E-state index is -0.263. The first kappa shape index (κ1) is 20.6. The molecule has 0 bridgehead atoms. The molecular weight excluding hydrogens is 340 g/mol. The van der Waals surface area contributed by atoms with E-state index in [2.05, 4.69) is 24.1 Å². The van der Waals surface area contributed by atoms with Crippen LogP contribution in [0.2, 0.25) is 0 Å². The van der Waals surface area contributed by atoms with E-state index in [1.54, 1.807) is 0 Å². The summed E-state index contributed by atoms with van der Waals surface area (Å²) in [5, 5.41) is 3.26. The normalized spacial score (nSPS) is 29.3. The average molecular weight is 379 g/mol. The Morgan fingerprint density at radius 2 is 1.78 bits per heavy atom. The molecule has 0 spiro atoms. The molecule has 2 saturated heterocycles. The predicted octanol–water partition coefficient (Wildman–Crippen LogP) is 3.52. The Bertz CT molecular complexity index is 524. The molecular formula is C22H38N2O3. The maximum Gasteiger partial charge on any atom is 0.226 e. The Morgan fingerprint density at radius 3 is 2.44 bits per heavy atom. The molecule has 2 aliphatic heterocycles. The summed E-state index contributed by atoms with van der Waals surface area (Å²) in [6.07, 6.45) is 10.4. The van der Waals surface area contributed by atoms with Gasteiger partial charge in [-0.1, -0.05) is 33.1 Å². The molecule has 5 heteroatoms. The molecule has 0 radical (unpaired) electrons. The second-order valence-corrected chi connectivity index (χ2v) is 9.44. The van der Waals surface area contributed by atoms with Crippen LogP contribution in [0.5, 0.6) is 0 Å². The van der Waals surface area contributed by atoms with Gasteiger partial charge in [0.05, 0.1) is 5.41 Å². The highest BCUT2D eigenvalue weighted by atomic mass is 16.5. The molecule has 1 unspecified atom stereocenters. The van der Waals surface area contributed by atoms with Crippen molar-refractivity contribution in [2.75, 3.05) is 32.8 Å². The Morgan fingerprint density at radius 1 is 1.07 bits per heavy atom. The van der Waals surface area contributed by atoms with Gasteiger partial charge < -0.3 is 15.0 Å². The molecule has 5 nitrogen and oxygen atoms in total. The zero-order chi connectivity index (χ0) is 19.3. The number of rotatable bonds is 5. The van der Waals surface area contributed by atoms with Crippen molar-refractivity contribution in [1.82, 2.24) is 10.2 Å². The second-order valence-electron chi connectivity index (χ2n) is 9.44. The SMILES string of the molecule is CCC1(C(=O)NCC2(C)CCCN(C(=O)C3CCCCC3)C2)CCOCC1. The van der Waals surface area contributed by atoms with Crippen molar-refractivity contribution in [2.45, 2.75) is 78.1 Å². The van der Waals surface area contributed by atoms with Gasteiger partial charge in [0.25, 0.3) is 0 Å². The quantitative estimate of drug-likeness (QED) is 0.796. The fraction of sp³-hybridized carbons (Fsp3) is 0.909. The molecule has 3 rings (SSSR count). The molecule has 3 aliphatic rings. The molecule has 1 aliphatic carbocycles. The number of carbonyl (C=O) groups is 2. The van der Waals surface area contributed by atoms with Crippen LogP contribution in [0, 0.1) is 16.7 Å². The standard InChI is InChI=1S/C22H38N2O3/c1-3-22(11-14-27-15-12-22)20(26)23-16-21(2)10-7-13-24(17-21)19(25)18-8-5-4-6-9-18/h18H,3-17H2,1-2H3,(H,23,26). The van der Waals surface area contributed by atoms with Crippen LogP contribution in [0.25, 0.3) is 0 Å². The van der Waals surface area contributed by atoms with Crippen LogP contribution in [0.15, 0.2) is 0 Å². The van der Waals surface area contributed by atoms with E-state index in [-0.39, 0.29) is 22.7 Å². The largest absolute Gasteiger partial charge is 0.381 e. The monoisotopic (exact) mass is 378 g/mol. The molecule has 27 heavy (non-hydrogen) atoms. The summed E-state index contributed by atoms with van der Waals surface area (Å²) in [5.41, 5.74) is -0.279. The minimum absolute atomic E-state index is 0.0155. The first-order valence-corrected chi connectivity index (χ1v) is 11.1. The molecule has 1 atom stereocenters. The summed E-state index contributed by atoms with van der Waals surface area (Å²) < 4.78 is 5.46. The number of nitrogens with zero attached hydrogens (tertiary/aromatic N) is 1. The van der Waals surface area contributed by atoms with Crippen LogP contribution in [0.4, 0.5) is 0 Å².